The minimum Gasteiger partial charge on any atom is -0.393 e. The van der Waals surface area contributed by atoms with Gasteiger partial charge in [-0.15, -0.1) is 11.3 Å². The molecule has 0 amide bonds. The number of rotatable bonds is 3. The van der Waals surface area contributed by atoms with Crippen LogP contribution in [-0.4, -0.2) is 11.2 Å². The number of aliphatic hydroxyl groups is 1. The first-order chi connectivity index (χ1) is 7.79. The predicted molar refractivity (Wildman–Crippen MR) is 70.0 cm³/mol. The molecule has 0 radical (unpaired) electrons. The first-order valence-electron chi connectivity index (χ1n) is 6.55. The van der Waals surface area contributed by atoms with Gasteiger partial charge in [0.2, 0.25) is 0 Å². The third-order valence-electron chi connectivity index (χ3n) is 3.65. The molecule has 1 aromatic heterocycles. The summed E-state index contributed by atoms with van der Waals surface area (Å²) < 4.78 is 0. The lowest BCUT2D eigenvalue weighted by atomic mass is 9.93. The van der Waals surface area contributed by atoms with E-state index in [0.29, 0.717) is 5.92 Å². The summed E-state index contributed by atoms with van der Waals surface area (Å²) in [5.41, 5.74) is 0. The number of hydrogen-bond acceptors (Lipinski definition) is 2. The van der Waals surface area contributed by atoms with E-state index in [2.05, 4.69) is 19.1 Å². The fraction of sp³-hybridized carbons (Fsp3) is 0.714. The molecule has 0 bridgehead atoms. The molecule has 2 atom stereocenters. The van der Waals surface area contributed by atoms with Crippen molar-refractivity contribution in [2.24, 2.45) is 5.92 Å². The second kappa shape index (κ2) is 5.83. The smallest absolute Gasteiger partial charge is 0.0571 e. The van der Waals surface area contributed by atoms with Gasteiger partial charge in [-0.3, -0.25) is 0 Å². The molecule has 1 saturated carbocycles. The van der Waals surface area contributed by atoms with Crippen molar-refractivity contribution in [3.63, 3.8) is 0 Å². The molecule has 1 heterocycles. The Morgan fingerprint density at radius 2 is 1.94 bits per heavy atom. The topological polar surface area (TPSA) is 20.2 Å². The highest BCUT2D eigenvalue weighted by molar-refractivity contribution is 7.11. The van der Waals surface area contributed by atoms with Gasteiger partial charge < -0.3 is 5.11 Å². The summed E-state index contributed by atoms with van der Waals surface area (Å²) in [7, 11) is 0. The van der Waals surface area contributed by atoms with Crippen molar-refractivity contribution in [2.75, 3.05) is 0 Å². The van der Waals surface area contributed by atoms with Gasteiger partial charge >= 0.3 is 0 Å². The van der Waals surface area contributed by atoms with Crippen LogP contribution in [0.5, 0.6) is 0 Å². The van der Waals surface area contributed by atoms with Crippen molar-refractivity contribution in [3.8, 4) is 0 Å². The van der Waals surface area contributed by atoms with E-state index in [0.717, 1.165) is 19.3 Å². The highest BCUT2D eigenvalue weighted by atomic mass is 32.1. The van der Waals surface area contributed by atoms with Crippen molar-refractivity contribution in [3.05, 3.63) is 21.9 Å². The number of thiophene rings is 1. The lowest BCUT2D eigenvalue weighted by Crippen LogP contribution is -2.20. The van der Waals surface area contributed by atoms with E-state index in [1.807, 2.05) is 11.3 Å². The Bertz CT molecular complexity index is 318. The molecule has 0 saturated heterocycles. The maximum absolute atomic E-state index is 10.1. The quantitative estimate of drug-likeness (QED) is 0.794. The molecular formula is C14H22OS. The minimum atomic E-state index is -0.0605. The zero-order chi connectivity index (χ0) is 11.4. The first-order valence-corrected chi connectivity index (χ1v) is 7.37. The Kier molecular flexibility index (Phi) is 4.42. The van der Waals surface area contributed by atoms with Crippen molar-refractivity contribution >= 4 is 11.3 Å². The molecule has 90 valence electrons. The fourth-order valence-electron chi connectivity index (χ4n) is 2.58. The molecule has 1 nitrogen and oxygen atoms in total. The molecule has 1 aliphatic rings. The lowest BCUT2D eigenvalue weighted by molar-refractivity contribution is 0.101. The van der Waals surface area contributed by atoms with Crippen LogP contribution < -0.4 is 0 Å². The molecule has 1 aromatic rings. The molecule has 1 aliphatic carbocycles. The molecule has 16 heavy (non-hydrogen) atoms. The molecule has 1 N–H and O–H groups in total. The monoisotopic (exact) mass is 238 g/mol. The maximum Gasteiger partial charge on any atom is 0.0571 e. The van der Waals surface area contributed by atoms with Gasteiger partial charge in [0.15, 0.2) is 0 Å². The van der Waals surface area contributed by atoms with E-state index in [4.69, 9.17) is 0 Å². The third-order valence-corrected chi connectivity index (χ3v) is 4.90. The second-order valence-electron chi connectivity index (χ2n) is 4.89. The number of hydrogen-bond donors (Lipinski definition) is 1. The van der Waals surface area contributed by atoms with Crippen LogP contribution in [0, 0.1) is 5.92 Å². The summed E-state index contributed by atoms with van der Waals surface area (Å²) in [5, 5.41) is 10.1. The van der Waals surface area contributed by atoms with Crippen molar-refractivity contribution in [1.29, 1.82) is 0 Å². The third kappa shape index (κ3) is 3.08. The number of aliphatic hydroxyl groups excluding tert-OH is 1. The molecule has 2 heteroatoms. The molecule has 1 fully saturated rings. The van der Waals surface area contributed by atoms with Gasteiger partial charge in [-0.05, 0) is 43.7 Å². The molecule has 0 aliphatic heterocycles. The maximum atomic E-state index is 10.1. The van der Waals surface area contributed by atoms with Crippen molar-refractivity contribution in [1.82, 2.24) is 0 Å². The Labute approximate surface area is 103 Å². The van der Waals surface area contributed by atoms with Gasteiger partial charge in [-0.1, -0.05) is 26.2 Å². The molecule has 2 unspecified atom stereocenters. The van der Waals surface area contributed by atoms with Crippen LogP contribution in [0.4, 0.5) is 0 Å². The van der Waals surface area contributed by atoms with Crippen LogP contribution >= 0.6 is 11.3 Å². The van der Waals surface area contributed by atoms with E-state index >= 15 is 0 Å². The predicted octanol–water partition coefficient (Wildman–Crippen LogP) is 3.79. The van der Waals surface area contributed by atoms with Gasteiger partial charge in [0.1, 0.15) is 0 Å². The Balaban J connectivity index is 1.96. The van der Waals surface area contributed by atoms with Crippen molar-refractivity contribution < 1.29 is 5.11 Å². The van der Waals surface area contributed by atoms with Crippen LogP contribution in [0.2, 0.25) is 0 Å². The largest absolute Gasteiger partial charge is 0.393 e. The lowest BCUT2D eigenvalue weighted by Gasteiger charge is -2.19. The molecule has 0 aromatic carbocycles. The summed E-state index contributed by atoms with van der Waals surface area (Å²) >= 11 is 1.92. The Morgan fingerprint density at radius 3 is 2.69 bits per heavy atom. The van der Waals surface area contributed by atoms with E-state index < -0.39 is 0 Å². The Morgan fingerprint density at radius 1 is 1.19 bits per heavy atom. The van der Waals surface area contributed by atoms with Gasteiger partial charge in [0, 0.05) is 9.75 Å². The highest BCUT2D eigenvalue weighted by Crippen LogP contribution is 2.29. The van der Waals surface area contributed by atoms with Crippen LogP contribution in [0.25, 0.3) is 0 Å². The molecule has 0 spiro atoms. The zero-order valence-corrected chi connectivity index (χ0v) is 10.9. The van der Waals surface area contributed by atoms with Gasteiger partial charge in [0.25, 0.3) is 0 Å². The van der Waals surface area contributed by atoms with Gasteiger partial charge in [-0.2, -0.15) is 0 Å². The van der Waals surface area contributed by atoms with E-state index in [1.54, 1.807) is 0 Å². The van der Waals surface area contributed by atoms with E-state index in [9.17, 15) is 5.11 Å². The minimum absolute atomic E-state index is 0.0605. The average molecular weight is 238 g/mol. The summed E-state index contributed by atoms with van der Waals surface area (Å²) in [5.74, 6) is 0.505. The van der Waals surface area contributed by atoms with Gasteiger partial charge in [-0.25, -0.2) is 0 Å². The standard InChI is InChI=1S/C14H22OS/c1-2-12-8-9-13(16-12)10-11-6-4-3-5-7-14(11)15/h8-9,11,14-15H,2-7,10H2,1H3. The fourth-order valence-corrected chi connectivity index (χ4v) is 3.63. The second-order valence-corrected chi connectivity index (χ2v) is 6.14. The van der Waals surface area contributed by atoms with Crippen LogP contribution in [0.3, 0.4) is 0 Å². The van der Waals surface area contributed by atoms with Crippen LogP contribution in [0.1, 0.15) is 48.8 Å². The zero-order valence-electron chi connectivity index (χ0n) is 10.1. The number of aryl methyl sites for hydroxylation is 1. The van der Waals surface area contributed by atoms with Crippen LogP contribution in [0.15, 0.2) is 12.1 Å². The summed E-state index contributed by atoms with van der Waals surface area (Å²) in [6.07, 6.45) is 8.20. The summed E-state index contributed by atoms with van der Waals surface area (Å²) in [4.78, 5) is 2.93. The van der Waals surface area contributed by atoms with Crippen LogP contribution in [-0.2, 0) is 12.8 Å². The van der Waals surface area contributed by atoms with Crippen molar-refractivity contribution in [2.45, 2.75) is 58.0 Å². The molecular weight excluding hydrogens is 216 g/mol. The normalized spacial score (nSPS) is 26.6. The average Bonchev–Trinajstić information content (AvgIpc) is 2.65. The molecule has 2 rings (SSSR count). The SMILES string of the molecule is CCc1ccc(CC2CCCCCC2O)s1. The highest BCUT2D eigenvalue weighted by Gasteiger charge is 2.22. The van der Waals surface area contributed by atoms with E-state index in [-0.39, 0.29) is 6.10 Å². The first kappa shape index (κ1) is 12.1. The van der Waals surface area contributed by atoms with Gasteiger partial charge in [0.05, 0.1) is 6.10 Å². The summed E-state index contributed by atoms with van der Waals surface area (Å²) in [6.45, 7) is 2.20. The summed E-state index contributed by atoms with van der Waals surface area (Å²) in [6, 6.07) is 4.49. The Hall–Kier alpha value is -0.340. The van der Waals surface area contributed by atoms with E-state index in [1.165, 1.54) is 35.4 Å².